The molecule has 4 aliphatic carbocycles. The third kappa shape index (κ3) is 5.16. The van der Waals surface area contributed by atoms with E-state index in [9.17, 15) is 0 Å². The first-order valence-corrected chi connectivity index (χ1v) is 9.48. The molecule has 4 aliphatic rings. The van der Waals surface area contributed by atoms with Crippen molar-refractivity contribution in [2.75, 3.05) is 0 Å². The Morgan fingerprint density at radius 3 is 2.07 bits per heavy atom. The zero-order chi connectivity index (χ0) is 16.0. The molecule has 0 aliphatic heterocycles. The van der Waals surface area contributed by atoms with Crippen LogP contribution in [0.2, 0.25) is 0 Å². The number of halogens is 2. The maximum atomic E-state index is 6.29. The van der Waals surface area contributed by atoms with E-state index in [-0.39, 0.29) is 71.3 Å². The molecule has 6 rings (SSSR count). The van der Waals surface area contributed by atoms with Gasteiger partial charge >= 0.3 is 41.9 Å². The topological polar surface area (TPSA) is 9.23 Å². The van der Waals surface area contributed by atoms with Gasteiger partial charge in [0.05, 0.1) is 0 Å². The van der Waals surface area contributed by atoms with Gasteiger partial charge in [-0.25, -0.2) is 0 Å². The second kappa shape index (κ2) is 11.1. The van der Waals surface area contributed by atoms with Crippen LogP contribution >= 0.6 is 0 Å². The Morgan fingerprint density at radius 1 is 0.929 bits per heavy atom. The summed E-state index contributed by atoms with van der Waals surface area (Å²) in [6.07, 6.45) is 8.57. The third-order valence-corrected chi connectivity index (χ3v) is 6.67. The molecule has 0 unspecified atom stereocenters. The summed E-state index contributed by atoms with van der Waals surface area (Å²) >= 11 is 0. The molecule has 0 radical (unpaired) electrons. The largest absolute Gasteiger partial charge is 2.00 e. The van der Waals surface area contributed by atoms with E-state index < -0.39 is 0 Å². The van der Waals surface area contributed by atoms with Crippen LogP contribution in [0.25, 0.3) is 0 Å². The summed E-state index contributed by atoms with van der Waals surface area (Å²) in [4.78, 5) is 0. The maximum absolute atomic E-state index is 6.29. The quantitative estimate of drug-likeness (QED) is 0.333. The second-order valence-corrected chi connectivity index (χ2v) is 8.39. The summed E-state index contributed by atoms with van der Waals surface area (Å²) in [7, 11) is 0. The molecule has 1 nitrogen and oxygen atoms in total. The van der Waals surface area contributed by atoms with Gasteiger partial charge in [0.2, 0.25) is 0 Å². The molecule has 4 saturated carbocycles. The maximum Gasteiger partial charge on any atom is 2.00 e. The zero-order valence-corrected chi connectivity index (χ0v) is 20.4. The standard InChI is InChI=1S/C23H25O.BrH.ClH.Li.Mg/c1-2-6-17(7-3-1)16-24-22-9-5-4-8-21(22)23-13-18-10-19(14-23)12-20(11-18)15-23;;;;/h1-3,5-9,18-20H,10-16H2;2*1H;;/q-1;;;+1;+2/p-2. The van der Waals surface area contributed by atoms with Crippen molar-refractivity contribution in [3.05, 3.63) is 65.7 Å². The summed E-state index contributed by atoms with van der Waals surface area (Å²) in [5.41, 5.74) is 3.06. The molecule has 0 amide bonds. The van der Waals surface area contributed by atoms with E-state index in [0.717, 1.165) is 23.5 Å². The molecular formula is C23H25BrClLiMgO. The summed E-state index contributed by atoms with van der Waals surface area (Å²) in [5.74, 6) is 3.97. The first-order chi connectivity index (χ1) is 11.8. The fraction of sp³-hybridized carbons (Fsp3) is 0.478. The Balaban J connectivity index is 0.000000980. The van der Waals surface area contributed by atoms with E-state index >= 15 is 0 Å². The normalized spacial score (nSPS) is 28.8. The van der Waals surface area contributed by atoms with Gasteiger partial charge in [0.15, 0.2) is 0 Å². The first kappa shape index (κ1) is 26.4. The van der Waals surface area contributed by atoms with Gasteiger partial charge in [0, 0.05) is 5.75 Å². The Hall–Kier alpha value is 0.374. The minimum atomic E-state index is 0. The molecule has 0 spiro atoms. The van der Waals surface area contributed by atoms with Gasteiger partial charge in [-0.05, 0) is 48.0 Å². The van der Waals surface area contributed by atoms with Gasteiger partial charge in [0.1, 0.15) is 6.61 Å². The van der Waals surface area contributed by atoms with Crippen LogP contribution < -0.4 is 53.0 Å². The molecule has 0 atom stereocenters. The zero-order valence-electron chi connectivity index (χ0n) is 16.7. The average Bonchev–Trinajstić information content (AvgIpc) is 2.60. The van der Waals surface area contributed by atoms with E-state index in [1.54, 1.807) is 0 Å². The van der Waals surface area contributed by atoms with Crippen LogP contribution in [0, 0.1) is 23.8 Å². The van der Waals surface area contributed by atoms with Crippen molar-refractivity contribution in [3.8, 4) is 5.75 Å². The molecule has 2 aromatic rings. The number of hydrogen-bond donors (Lipinski definition) is 0. The number of rotatable bonds is 4. The van der Waals surface area contributed by atoms with Crippen LogP contribution in [-0.2, 0) is 12.0 Å². The van der Waals surface area contributed by atoms with Crippen LogP contribution in [0.15, 0.2) is 48.5 Å². The number of hydrogen-bond acceptors (Lipinski definition) is 1. The van der Waals surface area contributed by atoms with E-state index in [1.165, 1.54) is 49.7 Å². The summed E-state index contributed by atoms with van der Waals surface area (Å²) in [6, 6.07) is 20.2. The van der Waals surface area contributed by atoms with E-state index in [2.05, 4.69) is 48.5 Å². The Bertz CT molecular complexity index is 707. The number of ether oxygens (including phenoxy) is 1. The Morgan fingerprint density at radius 2 is 1.50 bits per heavy atom. The SMILES string of the molecule is [Br-].[Cl-].[Li+].[Mg+2].[c-]1ccc(OCc2ccccc2)c(C23CC4CC(CC(C4)C2)C3)c1. The van der Waals surface area contributed by atoms with E-state index in [1.807, 2.05) is 6.07 Å². The van der Waals surface area contributed by atoms with Crippen molar-refractivity contribution in [2.24, 2.45) is 17.8 Å². The summed E-state index contributed by atoms with van der Waals surface area (Å²) in [5, 5.41) is 0. The van der Waals surface area contributed by atoms with Crippen LogP contribution in [-0.4, -0.2) is 23.1 Å². The van der Waals surface area contributed by atoms with Crippen molar-refractivity contribution in [3.63, 3.8) is 0 Å². The summed E-state index contributed by atoms with van der Waals surface area (Å²) < 4.78 is 6.29. The Labute approximate surface area is 214 Å². The molecule has 0 N–H and O–H groups in total. The van der Waals surface area contributed by atoms with Crippen molar-refractivity contribution in [1.82, 2.24) is 0 Å². The fourth-order valence-electron chi connectivity index (χ4n) is 6.13. The molecule has 4 fully saturated rings. The predicted molar refractivity (Wildman–Crippen MR) is 102 cm³/mol. The van der Waals surface area contributed by atoms with Gasteiger partial charge in [-0.1, -0.05) is 49.6 Å². The summed E-state index contributed by atoms with van der Waals surface area (Å²) in [6.45, 7) is 0.657. The molecular weight excluding hydrogens is 439 g/mol. The third-order valence-electron chi connectivity index (χ3n) is 6.67. The van der Waals surface area contributed by atoms with Crippen molar-refractivity contribution < 1.29 is 53.0 Å². The molecule has 140 valence electrons. The van der Waals surface area contributed by atoms with E-state index in [4.69, 9.17) is 4.74 Å². The Kier molecular flexibility index (Phi) is 10.5. The van der Waals surface area contributed by atoms with Gasteiger partial charge in [0.25, 0.3) is 0 Å². The molecule has 4 bridgehead atoms. The minimum absolute atomic E-state index is 0. The monoisotopic (exact) mass is 462 g/mol. The molecule has 28 heavy (non-hydrogen) atoms. The molecule has 0 aromatic heterocycles. The average molecular weight is 464 g/mol. The molecule has 0 heterocycles. The van der Waals surface area contributed by atoms with Crippen molar-refractivity contribution in [1.29, 1.82) is 0 Å². The van der Waals surface area contributed by atoms with Crippen molar-refractivity contribution in [2.45, 2.75) is 50.5 Å². The van der Waals surface area contributed by atoms with Crippen LogP contribution in [0.5, 0.6) is 5.75 Å². The van der Waals surface area contributed by atoms with Gasteiger partial charge in [-0.2, -0.15) is 18.2 Å². The van der Waals surface area contributed by atoms with Crippen LogP contribution in [0.1, 0.15) is 49.7 Å². The van der Waals surface area contributed by atoms with Gasteiger partial charge in [-0.15, -0.1) is 11.6 Å². The minimum Gasteiger partial charge on any atom is -1.00 e. The fourth-order valence-corrected chi connectivity index (χ4v) is 6.13. The smallest absolute Gasteiger partial charge is 1.00 e. The molecule has 2 aromatic carbocycles. The van der Waals surface area contributed by atoms with E-state index in [0.29, 0.717) is 12.0 Å². The van der Waals surface area contributed by atoms with Crippen LogP contribution in [0.3, 0.4) is 0 Å². The van der Waals surface area contributed by atoms with Crippen molar-refractivity contribution >= 4 is 23.1 Å². The van der Waals surface area contributed by atoms with Gasteiger partial charge < -0.3 is 34.1 Å². The molecule has 0 saturated heterocycles. The number of benzene rings is 2. The van der Waals surface area contributed by atoms with Crippen LogP contribution in [0.4, 0.5) is 0 Å². The molecule has 5 heteroatoms. The van der Waals surface area contributed by atoms with Gasteiger partial charge in [-0.3, -0.25) is 0 Å². The second-order valence-electron chi connectivity index (χ2n) is 8.39. The predicted octanol–water partition coefficient (Wildman–Crippen LogP) is -3.84. The first-order valence-electron chi connectivity index (χ1n) is 9.48.